The maximum Gasteiger partial charge on any atom is 0.251 e. The summed E-state index contributed by atoms with van der Waals surface area (Å²) in [4.78, 5) is 12.3. The van der Waals surface area contributed by atoms with E-state index in [9.17, 15) is 4.79 Å². The first-order valence-electron chi connectivity index (χ1n) is 7.45. The van der Waals surface area contributed by atoms with Crippen LogP contribution in [-0.4, -0.2) is 25.5 Å². The molecule has 0 unspecified atom stereocenters. The number of nitrogens with one attached hydrogen (secondary N) is 1. The van der Waals surface area contributed by atoms with Crippen molar-refractivity contribution in [1.29, 1.82) is 0 Å². The Morgan fingerprint density at radius 2 is 2.13 bits per heavy atom. The Morgan fingerprint density at radius 3 is 2.83 bits per heavy atom. The maximum absolute atomic E-state index is 12.3. The van der Waals surface area contributed by atoms with E-state index < -0.39 is 0 Å². The van der Waals surface area contributed by atoms with Gasteiger partial charge in [0.1, 0.15) is 0 Å². The predicted octanol–water partition coefficient (Wildman–Crippen LogP) is 1.90. The van der Waals surface area contributed by atoms with Gasteiger partial charge in [0, 0.05) is 42.8 Å². The molecule has 0 aliphatic carbocycles. The number of aryl methyl sites for hydroxylation is 1. The monoisotopic (exact) mass is 309 g/mol. The highest BCUT2D eigenvalue weighted by Crippen LogP contribution is 2.09. The summed E-state index contributed by atoms with van der Waals surface area (Å²) in [5.74, 6) is -0.0874. The molecule has 6 heteroatoms. The highest BCUT2D eigenvalue weighted by Gasteiger charge is 2.09. The van der Waals surface area contributed by atoms with Gasteiger partial charge in [0.25, 0.3) is 5.91 Å². The van der Waals surface area contributed by atoms with E-state index in [1.54, 1.807) is 17.1 Å². The summed E-state index contributed by atoms with van der Waals surface area (Å²) in [6.45, 7) is 3.11. The number of aromatic nitrogens is 4. The van der Waals surface area contributed by atoms with Gasteiger partial charge in [-0.15, -0.1) is 0 Å². The van der Waals surface area contributed by atoms with E-state index in [0.29, 0.717) is 18.7 Å². The van der Waals surface area contributed by atoms with Crippen LogP contribution < -0.4 is 5.32 Å². The molecule has 0 saturated carbocycles. The van der Waals surface area contributed by atoms with Gasteiger partial charge in [0.15, 0.2) is 0 Å². The zero-order valence-electron chi connectivity index (χ0n) is 13.2. The molecule has 1 aromatic carbocycles. The maximum atomic E-state index is 12.3. The fourth-order valence-electron chi connectivity index (χ4n) is 2.39. The fraction of sp³-hybridized carbons (Fsp3) is 0.235. The van der Waals surface area contributed by atoms with Crippen molar-refractivity contribution in [3.63, 3.8) is 0 Å². The van der Waals surface area contributed by atoms with E-state index in [1.807, 2.05) is 55.2 Å². The molecule has 0 aliphatic heterocycles. The third-order valence-corrected chi connectivity index (χ3v) is 3.87. The van der Waals surface area contributed by atoms with Crippen molar-refractivity contribution >= 4 is 5.91 Å². The first kappa shape index (κ1) is 15.0. The number of hydrogen-bond acceptors (Lipinski definition) is 3. The molecule has 3 aromatic rings. The smallest absolute Gasteiger partial charge is 0.251 e. The molecule has 2 heterocycles. The molecule has 118 valence electrons. The Hall–Kier alpha value is -2.89. The number of benzene rings is 1. The number of nitrogens with zero attached hydrogens (tertiary/aromatic N) is 4. The van der Waals surface area contributed by atoms with Gasteiger partial charge in [-0.05, 0) is 30.7 Å². The van der Waals surface area contributed by atoms with Crippen molar-refractivity contribution < 1.29 is 4.79 Å². The van der Waals surface area contributed by atoms with E-state index in [4.69, 9.17) is 0 Å². The minimum Gasteiger partial charge on any atom is -0.348 e. The Balaban J connectivity index is 1.66. The number of hydrogen-bond donors (Lipinski definition) is 1. The van der Waals surface area contributed by atoms with Crippen molar-refractivity contribution in [3.8, 4) is 0 Å². The summed E-state index contributed by atoms with van der Waals surface area (Å²) in [6.07, 6.45) is 5.43. The van der Waals surface area contributed by atoms with Crippen molar-refractivity contribution in [2.75, 3.05) is 0 Å². The summed E-state index contributed by atoms with van der Waals surface area (Å²) in [6, 6.07) is 9.48. The molecule has 0 radical (unpaired) electrons. The topological polar surface area (TPSA) is 64.7 Å². The van der Waals surface area contributed by atoms with Gasteiger partial charge in [-0.2, -0.15) is 10.2 Å². The van der Waals surface area contributed by atoms with Gasteiger partial charge < -0.3 is 5.32 Å². The largest absolute Gasteiger partial charge is 0.348 e. The van der Waals surface area contributed by atoms with Crippen LogP contribution in [0.5, 0.6) is 0 Å². The van der Waals surface area contributed by atoms with Crippen molar-refractivity contribution in [1.82, 2.24) is 24.9 Å². The summed E-state index contributed by atoms with van der Waals surface area (Å²) < 4.78 is 3.63. The standard InChI is InChI=1S/C17H19N5O/c1-13-16(11-20-21(13)2)10-18-17(23)15-6-3-5-14(9-15)12-22-8-4-7-19-22/h3-9,11H,10,12H2,1-2H3,(H,18,23). The molecular formula is C17H19N5O. The lowest BCUT2D eigenvalue weighted by Gasteiger charge is -2.07. The van der Waals surface area contributed by atoms with E-state index in [0.717, 1.165) is 16.8 Å². The average Bonchev–Trinajstić information content (AvgIpc) is 3.17. The lowest BCUT2D eigenvalue weighted by Crippen LogP contribution is -2.23. The molecule has 0 bridgehead atoms. The second-order valence-corrected chi connectivity index (χ2v) is 5.47. The van der Waals surface area contributed by atoms with Crippen LogP contribution in [-0.2, 0) is 20.1 Å². The second-order valence-electron chi connectivity index (χ2n) is 5.47. The van der Waals surface area contributed by atoms with Crippen LogP contribution in [0.3, 0.4) is 0 Å². The lowest BCUT2D eigenvalue weighted by atomic mass is 10.1. The Labute approximate surface area is 134 Å². The van der Waals surface area contributed by atoms with Crippen molar-refractivity contribution in [2.24, 2.45) is 7.05 Å². The molecule has 0 spiro atoms. The molecule has 1 amide bonds. The fourth-order valence-corrected chi connectivity index (χ4v) is 2.39. The van der Waals surface area contributed by atoms with Crippen LogP contribution >= 0.6 is 0 Å². The Bertz CT molecular complexity index is 804. The molecule has 3 rings (SSSR count). The van der Waals surface area contributed by atoms with E-state index in [2.05, 4.69) is 15.5 Å². The van der Waals surface area contributed by atoms with Gasteiger partial charge in [0.05, 0.1) is 12.7 Å². The number of rotatable bonds is 5. The molecular weight excluding hydrogens is 290 g/mol. The van der Waals surface area contributed by atoms with Crippen LogP contribution in [0, 0.1) is 6.92 Å². The third kappa shape index (κ3) is 3.48. The second kappa shape index (κ2) is 6.48. The summed E-state index contributed by atoms with van der Waals surface area (Å²) in [7, 11) is 1.89. The zero-order chi connectivity index (χ0) is 16.2. The Kier molecular flexibility index (Phi) is 4.23. The highest BCUT2D eigenvalue weighted by atomic mass is 16.1. The van der Waals surface area contributed by atoms with E-state index in [1.165, 1.54) is 0 Å². The molecule has 0 fully saturated rings. The number of carbonyl (C=O) groups is 1. The van der Waals surface area contributed by atoms with Crippen LogP contribution in [0.4, 0.5) is 0 Å². The van der Waals surface area contributed by atoms with Crippen LogP contribution in [0.1, 0.15) is 27.2 Å². The van der Waals surface area contributed by atoms with Crippen molar-refractivity contribution in [2.45, 2.75) is 20.0 Å². The number of amides is 1. The average molecular weight is 309 g/mol. The Morgan fingerprint density at radius 1 is 1.26 bits per heavy atom. The SMILES string of the molecule is Cc1c(CNC(=O)c2cccc(Cn3cccn3)c2)cnn1C. The van der Waals surface area contributed by atoms with Crippen LogP contribution in [0.15, 0.2) is 48.9 Å². The van der Waals surface area contributed by atoms with Crippen molar-refractivity contribution in [3.05, 3.63) is 71.3 Å². The van der Waals surface area contributed by atoms with Crippen LogP contribution in [0.2, 0.25) is 0 Å². The third-order valence-electron chi connectivity index (χ3n) is 3.87. The molecule has 0 atom stereocenters. The van der Waals surface area contributed by atoms with Gasteiger partial charge in [-0.3, -0.25) is 14.2 Å². The molecule has 6 nitrogen and oxygen atoms in total. The van der Waals surface area contributed by atoms with Gasteiger partial charge >= 0.3 is 0 Å². The van der Waals surface area contributed by atoms with E-state index in [-0.39, 0.29) is 5.91 Å². The van der Waals surface area contributed by atoms with Gasteiger partial charge in [-0.1, -0.05) is 12.1 Å². The predicted molar refractivity (Wildman–Crippen MR) is 86.9 cm³/mol. The molecule has 23 heavy (non-hydrogen) atoms. The van der Waals surface area contributed by atoms with Gasteiger partial charge in [-0.25, -0.2) is 0 Å². The van der Waals surface area contributed by atoms with Gasteiger partial charge in [0.2, 0.25) is 0 Å². The zero-order valence-corrected chi connectivity index (χ0v) is 13.2. The summed E-state index contributed by atoms with van der Waals surface area (Å²) in [5.41, 5.74) is 3.77. The van der Waals surface area contributed by atoms with E-state index >= 15 is 0 Å². The highest BCUT2D eigenvalue weighted by molar-refractivity contribution is 5.94. The number of carbonyl (C=O) groups excluding carboxylic acids is 1. The normalized spacial score (nSPS) is 10.7. The molecule has 1 N–H and O–H groups in total. The molecule has 2 aromatic heterocycles. The quantitative estimate of drug-likeness (QED) is 0.783. The minimum absolute atomic E-state index is 0.0874. The first-order valence-corrected chi connectivity index (χ1v) is 7.45. The molecule has 0 saturated heterocycles. The minimum atomic E-state index is -0.0874. The first-order chi connectivity index (χ1) is 11.1. The lowest BCUT2D eigenvalue weighted by molar-refractivity contribution is 0.0950. The summed E-state index contributed by atoms with van der Waals surface area (Å²) >= 11 is 0. The summed E-state index contributed by atoms with van der Waals surface area (Å²) in [5, 5.41) is 11.3. The molecule has 0 aliphatic rings. The van der Waals surface area contributed by atoms with Crippen LogP contribution in [0.25, 0.3) is 0 Å².